The summed E-state index contributed by atoms with van der Waals surface area (Å²) < 4.78 is 50.4. The van der Waals surface area contributed by atoms with E-state index >= 15 is 0 Å². The number of nitrogens with zero attached hydrogens (tertiary/aromatic N) is 2. The minimum absolute atomic E-state index is 0.0112. The van der Waals surface area contributed by atoms with Crippen LogP contribution in [0.25, 0.3) is 0 Å². The van der Waals surface area contributed by atoms with E-state index < -0.39 is 23.8 Å². The molecule has 176 valence electrons. The number of carbonyl (C=O) groups excluding carboxylic acids is 2. The first kappa shape index (κ1) is 23.1. The zero-order valence-electron chi connectivity index (χ0n) is 18.2. The topological polar surface area (TPSA) is 59.1 Å². The summed E-state index contributed by atoms with van der Waals surface area (Å²) in [5.41, 5.74) is 0.211. The number of carbonyl (C=O) groups is 2. The maximum absolute atomic E-state index is 13.3. The molecule has 5 rings (SSSR count). The van der Waals surface area contributed by atoms with Gasteiger partial charge in [-0.25, -0.2) is 9.59 Å². The van der Waals surface area contributed by atoms with Gasteiger partial charge in [0.1, 0.15) is 6.10 Å². The van der Waals surface area contributed by atoms with Gasteiger partial charge in [-0.15, -0.1) is 0 Å². The van der Waals surface area contributed by atoms with Crippen molar-refractivity contribution < 1.29 is 32.2 Å². The number of methoxy groups -OCH3 is 1. The van der Waals surface area contributed by atoms with E-state index in [2.05, 4.69) is 9.64 Å². The number of rotatable bonds is 5. The molecule has 2 aromatic rings. The summed E-state index contributed by atoms with van der Waals surface area (Å²) in [7, 11) is 1.27. The summed E-state index contributed by atoms with van der Waals surface area (Å²) in [6.45, 7) is 2.58. The van der Waals surface area contributed by atoms with E-state index in [-0.39, 0.29) is 24.3 Å². The maximum Gasteiger partial charge on any atom is 0.416 e. The number of alkyl halides is 3. The van der Waals surface area contributed by atoms with E-state index in [1.807, 2.05) is 0 Å². The number of anilines is 1. The van der Waals surface area contributed by atoms with Crippen molar-refractivity contribution >= 4 is 17.7 Å². The Hall–Kier alpha value is -3.07. The third-order valence-corrected chi connectivity index (χ3v) is 6.27. The van der Waals surface area contributed by atoms with E-state index in [1.165, 1.54) is 24.1 Å². The molecular weight excluding hydrogens is 437 g/mol. The predicted molar refractivity (Wildman–Crippen MR) is 115 cm³/mol. The van der Waals surface area contributed by atoms with Crippen molar-refractivity contribution in [3.8, 4) is 0 Å². The zero-order chi connectivity index (χ0) is 23.6. The highest BCUT2D eigenvalue weighted by Crippen LogP contribution is 2.34. The van der Waals surface area contributed by atoms with E-state index in [4.69, 9.17) is 4.74 Å². The summed E-state index contributed by atoms with van der Waals surface area (Å²) in [4.78, 5) is 28.3. The lowest BCUT2D eigenvalue weighted by Gasteiger charge is -2.44. The second kappa shape index (κ2) is 9.43. The van der Waals surface area contributed by atoms with Gasteiger partial charge < -0.3 is 9.47 Å². The SMILES string of the molecule is COC(=O)c1ccc(CN(C(=O)O[C@H]2CN3CCC2CC3)c2cccc(C(F)(F)F)c2)cc1. The molecule has 1 atom stereocenters. The Morgan fingerprint density at radius 1 is 1.09 bits per heavy atom. The molecule has 2 aromatic carbocycles. The van der Waals surface area contributed by atoms with Crippen LogP contribution in [0, 0.1) is 5.92 Å². The van der Waals surface area contributed by atoms with Gasteiger partial charge in [0.15, 0.2) is 0 Å². The molecule has 3 aliphatic heterocycles. The number of hydrogen-bond donors (Lipinski definition) is 0. The summed E-state index contributed by atoms with van der Waals surface area (Å²) in [6, 6.07) is 11.0. The van der Waals surface area contributed by atoms with Crippen LogP contribution < -0.4 is 4.90 Å². The number of esters is 1. The van der Waals surface area contributed by atoms with Crippen molar-refractivity contribution in [2.45, 2.75) is 31.7 Å². The molecule has 3 saturated heterocycles. The van der Waals surface area contributed by atoms with Gasteiger partial charge in [0.2, 0.25) is 0 Å². The lowest BCUT2D eigenvalue weighted by atomic mass is 9.86. The van der Waals surface area contributed by atoms with Gasteiger partial charge in [-0.3, -0.25) is 9.80 Å². The Labute approximate surface area is 189 Å². The van der Waals surface area contributed by atoms with Crippen molar-refractivity contribution in [3.05, 3.63) is 65.2 Å². The van der Waals surface area contributed by atoms with Crippen LogP contribution in [-0.2, 0) is 22.2 Å². The fourth-order valence-corrected chi connectivity index (χ4v) is 4.40. The Morgan fingerprint density at radius 2 is 1.79 bits per heavy atom. The second-order valence-electron chi connectivity index (χ2n) is 8.38. The molecule has 0 aromatic heterocycles. The van der Waals surface area contributed by atoms with Crippen LogP contribution in [0.2, 0.25) is 0 Å². The fourth-order valence-electron chi connectivity index (χ4n) is 4.40. The van der Waals surface area contributed by atoms with Crippen LogP contribution in [0.15, 0.2) is 48.5 Å². The highest BCUT2D eigenvalue weighted by atomic mass is 19.4. The Kier molecular flexibility index (Phi) is 6.60. The van der Waals surface area contributed by atoms with Crippen molar-refractivity contribution in [2.75, 3.05) is 31.6 Å². The van der Waals surface area contributed by atoms with Crippen LogP contribution in [0.3, 0.4) is 0 Å². The molecule has 3 heterocycles. The molecule has 3 aliphatic rings. The molecule has 1 amide bonds. The average molecular weight is 462 g/mol. The average Bonchev–Trinajstić information content (AvgIpc) is 2.82. The number of halogens is 3. The van der Waals surface area contributed by atoms with Crippen LogP contribution in [-0.4, -0.2) is 49.8 Å². The van der Waals surface area contributed by atoms with E-state index in [0.29, 0.717) is 17.7 Å². The summed E-state index contributed by atoms with van der Waals surface area (Å²) in [5, 5.41) is 0. The van der Waals surface area contributed by atoms with Gasteiger partial charge in [0, 0.05) is 12.2 Å². The molecule has 0 saturated carbocycles. The van der Waals surface area contributed by atoms with Crippen molar-refractivity contribution in [3.63, 3.8) is 0 Å². The molecule has 2 bridgehead atoms. The van der Waals surface area contributed by atoms with Gasteiger partial charge in [-0.2, -0.15) is 13.2 Å². The van der Waals surface area contributed by atoms with Gasteiger partial charge in [0.25, 0.3) is 0 Å². The van der Waals surface area contributed by atoms with Crippen molar-refractivity contribution in [2.24, 2.45) is 5.92 Å². The Morgan fingerprint density at radius 3 is 2.36 bits per heavy atom. The largest absolute Gasteiger partial charge is 0.465 e. The van der Waals surface area contributed by atoms with Gasteiger partial charge >= 0.3 is 18.2 Å². The third kappa shape index (κ3) is 5.30. The smallest absolute Gasteiger partial charge is 0.416 e. The number of amides is 1. The standard InChI is InChI=1S/C24H25F3N2O4/c1-32-22(30)18-7-5-16(6-8-18)14-29(20-4-2-3-19(13-20)24(25,26)27)23(31)33-21-15-28-11-9-17(21)10-12-28/h2-8,13,17,21H,9-12,14-15H2,1H3/t21-/m0/s1. The first-order valence-corrected chi connectivity index (χ1v) is 10.8. The molecule has 9 heteroatoms. The van der Waals surface area contributed by atoms with Crippen LogP contribution in [0.1, 0.15) is 34.3 Å². The molecule has 0 radical (unpaired) electrons. The van der Waals surface area contributed by atoms with Gasteiger partial charge in [-0.05, 0) is 67.7 Å². The minimum atomic E-state index is -4.54. The predicted octanol–water partition coefficient (Wildman–Crippen LogP) is 4.73. The second-order valence-corrected chi connectivity index (χ2v) is 8.38. The molecule has 0 spiro atoms. The quantitative estimate of drug-likeness (QED) is 0.602. The molecule has 3 fully saturated rings. The first-order valence-electron chi connectivity index (χ1n) is 10.8. The number of fused-ring (bicyclic) bond motifs is 3. The molecule has 0 aliphatic carbocycles. The fraction of sp³-hybridized carbons (Fsp3) is 0.417. The van der Waals surface area contributed by atoms with Crippen LogP contribution >= 0.6 is 0 Å². The van der Waals surface area contributed by atoms with Gasteiger partial charge in [0.05, 0.1) is 24.8 Å². The Balaban J connectivity index is 1.59. The first-order chi connectivity index (χ1) is 15.7. The normalized spacial score (nSPS) is 22.0. The summed E-state index contributed by atoms with van der Waals surface area (Å²) in [5.74, 6) is -0.236. The summed E-state index contributed by atoms with van der Waals surface area (Å²) in [6.07, 6.45) is -3.63. The molecular formula is C24H25F3N2O4. The number of benzene rings is 2. The molecule has 6 nitrogen and oxygen atoms in total. The zero-order valence-corrected chi connectivity index (χ0v) is 18.2. The van der Waals surface area contributed by atoms with E-state index in [0.717, 1.165) is 38.1 Å². The number of hydrogen-bond acceptors (Lipinski definition) is 5. The maximum atomic E-state index is 13.3. The Bertz CT molecular complexity index is 1000. The lowest BCUT2D eigenvalue weighted by molar-refractivity contribution is -0.137. The highest BCUT2D eigenvalue weighted by Gasteiger charge is 2.38. The van der Waals surface area contributed by atoms with E-state index in [9.17, 15) is 22.8 Å². The number of ether oxygens (including phenoxy) is 2. The van der Waals surface area contributed by atoms with Crippen LogP contribution in [0.4, 0.5) is 23.7 Å². The van der Waals surface area contributed by atoms with Crippen molar-refractivity contribution in [1.82, 2.24) is 4.90 Å². The van der Waals surface area contributed by atoms with Crippen LogP contribution in [0.5, 0.6) is 0 Å². The molecule has 0 N–H and O–H groups in total. The third-order valence-electron chi connectivity index (χ3n) is 6.27. The van der Waals surface area contributed by atoms with E-state index in [1.54, 1.807) is 24.3 Å². The molecule has 33 heavy (non-hydrogen) atoms. The minimum Gasteiger partial charge on any atom is -0.465 e. The summed E-state index contributed by atoms with van der Waals surface area (Å²) >= 11 is 0. The highest BCUT2D eigenvalue weighted by molar-refractivity contribution is 5.90. The number of piperidine rings is 3. The molecule has 0 unspecified atom stereocenters. The van der Waals surface area contributed by atoms with Crippen molar-refractivity contribution in [1.29, 1.82) is 0 Å². The van der Waals surface area contributed by atoms with Gasteiger partial charge in [-0.1, -0.05) is 18.2 Å². The monoisotopic (exact) mass is 462 g/mol. The lowest BCUT2D eigenvalue weighted by Crippen LogP contribution is -2.53.